The van der Waals surface area contributed by atoms with Gasteiger partial charge in [0.15, 0.2) is 0 Å². The average Bonchev–Trinajstić information content (AvgIpc) is 2.80. The first-order valence-electron chi connectivity index (χ1n) is 14.9. The summed E-state index contributed by atoms with van der Waals surface area (Å²) in [4.78, 5) is 16.8. The van der Waals surface area contributed by atoms with Gasteiger partial charge in [-0.05, 0) is 19.4 Å². The lowest BCUT2D eigenvalue weighted by atomic mass is 10.0. The molecule has 0 atom stereocenters. The zero-order valence-electron chi connectivity index (χ0n) is 23.1. The molecular weight excluding hydrogens is 445 g/mol. The maximum absolute atomic E-state index is 10.3. The van der Waals surface area contributed by atoms with Crippen LogP contribution in [0.1, 0.15) is 168 Å². The van der Waals surface area contributed by atoms with E-state index in [1.165, 1.54) is 135 Å². The van der Waals surface area contributed by atoms with Gasteiger partial charge in [-0.3, -0.25) is 4.52 Å². The Labute approximate surface area is 213 Å². The zero-order valence-corrected chi connectivity index (χ0v) is 24.0. The van der Waals surface area contributed by atoms with Gasteiger partial charge in [-0.2, -0.15) is 0 Å². The van der Waals surface area contributed by atoms with Crippen molar-refractivity contribution in [3.8, 4) is 0 Å². The minimum Gasteiger partial charge on any atom is -0.330 e. The van der Waals surface area contributed by atoms with Crippen molar-refractivity contribution in [2.75, 3.05) is 13.2 Å². The molecule has 0 fully saturated rings. The van der Waals surface area contributed by atoms with Gasteiger partial charge in [0.05, 0.1) is 6.61 Å². The number of hydrogen-bond donors (Lipinski definition) is 3. The van der Waals surface area contributed by atoms with Crippen molar-refractivity contribution in [2.45, 2.75) is 168 Å². The molecule has 0 heterocycles. The first-order chi connectivity index (χ1) is 16.5. The lowest BCUT2D eigenvalue weighted by molar-refractivity contribution is 0.193. The summed E-state index contributed by atoms with van der Waals surface area (Å²) in [5.41, 5.74) is 5.48. The Morgan fingerprint density at radius 3 is 1.03 bits per heavy atom. The van der Waals surface area contributed by atoms with E-state index in [4.69, 9.17) is 15.5 Å². The monoisotopic (exact) mass is 507 g/mol. The van der Waals surface area contributed by atoms with Crippen LogP contribution < -0.4 is 5.73 Å². The number of hydrogen-bond acceptors (Lipinski definition) is 3. The highest BCUT2D eigenvalue weighted by Crippen LogP contribution is 2.35. The second-order valence-corrected chi connectivity index (χ2v) is 11.1. The fourth-order valence-corrected chi connectivity index (χ4v) is 4.48. The molecule has 0 bridgehead atoms. The van der Waals surface area contributed by atoms with Crippen molar-refractivity contribution >= 4 is 7.82 Å². The number of nitrogens with two attached hydrogens (primary N) is 1. The summed E-state index contributed by atoms with van der Waals surface area (Å²) < 4.78 is 14.7. The molecule has 0 aliphatic rings. The summed E-state index contributed by atoms with van der Waals surface area (Å²) in [6.07, 6.45) is 32.1. The van der Waals surface area contributed by atoms with E-state index in [1.807, 2.05) is 0 Å². The molecule has 6 heteroatoms. The van der Waals surface area contributed by atoms with Gasteiger partial charge in [-0.1, -0.05) is 155 Å². The lowest BCUT2D eigenvalue weighted by Crippen LogP contribution is -1.97. The molecule has 0 spiro atoms. The van der Waals surface area contributed by atoms with Crippen molar-refractivity contribution in [3.05, 3.63) is 0 Å². The molecule has 0 saturated carbocycles. The molecular formula is C28H62NO4P. The van der Waals surface area contributed by atoms with E-state index in [0.717, 1.165) is 25.8 Å². The van der Waals surface area contributed by atoms with Crippen LogP contribution >= 0.6 is 7.82 Å². The van der Waals surface area contributed by atoms with Crippen molar-refractivity contribution in [2.24, 2.45) is 5.73 Å². The van der Waals surface area contributed by atoms with Gasteiger partial charge in [-0.15, -0.1) is 0 Å². The van der Waals surface area contributed by atoms with E-state index < -0.39 is 7.82 Å². The number of phosphoric ester groups is 1. The lowest BCUT2D eigenvalue weighted by Gasteiger charge is -2.04. The number of phosphoric acid groups is 1. The highest BCUT2D eigenvalue weighted by molar-refractivity contribution is 7.46. The van der Waals surface area contributed by atoms with Crippen molar-refractivity contribution in [3.63, 3.8) is 0 Å². The van der Waals surface area contributed by atoms with Crippen LogP contribution in [0.3, 0.4) is 0 Å². The Bertz CT molecular complexity index is 388. The summed E-state index contributed by atoms with van der Waals surface area (Å²) in [7, 11) is -4.24. The number of unbranched alkanes of at least 4 members (excludes halogenated alkanes) is 22. The van der Waals surface area contributed by atoms with Gasteiger partial charge in [0.25, 0.3) is 0 Å². The fourth-order valence-electron chi connectivity index (χ4n) is 4.11. The van der Waals surface area contributed by atoms with Crippen LogP contribution in [0.5, 0.6) is 0 Å². The van der Waals surface area contributed by atoms with E-state index in [2.05, 4.69) is 18.4 Å². The molecule has 0 aliphatic carbocycles. The topological polar surface area (TPSA) is 92.8 Å². The summed E-state index contributed by atoms with van der Waals surface area (Å²) in [5, 5.41) is 0. The van der Waals surface area contributed by atoms with Gasteiger partial charge in [-0.25, -0.2) is 4.57 Å². The third-order valence-electron chi connectivity index (χ3n) is 6.32. The Balaban J connectivity index is 0. The van der Waals surface area contributed by atoms with Gasteiger partial charge < -0.3 is 15.5 Å². The SMILES string of the molecule is CCCCCCCCCCCCCCCCCCN.CCCCCCCCCCOP(=O)(O)O. The minimum absolute atomic E-state index is 0.166. The van der Waals surface area contributed by atoms with E-state index in [0.29, 0.717) is 0 Å². The van der Waals surface area contributed by atoms with Crippen LogP contribution in [-0.2, 0) is 9.09 Å². The third-order valence-corrected chi connectivity index (χ3v) is 6.83. The summed E-state index contributed by atoms with van der Waals surface area (Å²) in [5.74, 6) is 0. The smallest absolute Gasteiger partial charge is 0.330 e. The number of rotatable bonds is 26. The van der Waals surface area contributed by atoms with Crippen molar-refractivity contribution in [1.29, 1.82) is 0 Å². The van der Waals surface area contributed by atoms with E-state index in [1.54, 1.807) is 0 Å². The molecule has 208 valence electrons. The van der Waals surface area contributed by atoms with Crippen molar-refractivity contribution in [1.82, 2.24) is 0 Å². The molecule has 0 amide bonds. The maximum Gasteiger partial charge on any atom is 0.469 e. The van der Waals surface area contributed by atoms with Crippen LogP contribution in [0.2, 0.25) is 0 Å². The second-order valence-electron chi connectivity index (χ2n) is 9.89. The first-order valence-corrected chi connectivity index (χ1v) is 16.4. The van der Waals surface area contributed by atoms with Crippen LogP contribution in [-0.4, -0.2) is 22.9 Å². The minimum atomic E-state index is -4.24. The highest BCUT2D eigenvalue weighted by atomic mass is 31.2. The fraction of sp³-hybridized carbons (Fsp3) is 1.00. The molecule has 0 aromatic heterocycles. The Morgan fingerprint density at radius 1 is 0.500 bits per heavy atom. The first kappa shape index (κ1) is 36.2. The molecule has 0 saturated heterocycles. The predicted octanol–water partition coefficient (Wildman–Crippen LogP) is 9.44. The zero-order chi connectivity index (χ0) is 25.6. The van der Waals surface area contributed by atoms with Crippen molar-refractivity contribution < 1.29 is 18.9 Å². The highest BCUT2D eigenvalue weighted by Gasteiger charge is 2.12. The van der Waals surface area contributed by atoms with Crippen LogP contribution in [0, 0.1) is 0 Å². The maximum atomic E-state index is 10.3. The molecule has 0 rings (SSSR count). The largest absolute Gasteiger partial charge is 0.469 e. The van der Waals surface area contributed by atoms with Crippen LogP contribution in [0.15, 0.2) is 0 Å². The summed E-state index contributed by atoms with van der Waals surface area (Å²) in [6.45, 7) is 5.52. The molecule has 0 aromatic carbocycles. The standard InChI is InChI=1S/C18H39N.C10H23O4P/c1-2-3-4-5-6-7-8-9-10-11-12-13-14-15-16-17-18-19;1-2-3-4-5-6-7-8-9-10-14-15(11,12)13/h2-19H2,1H3;2-10H2,1H3,(H2,11,12,13). The molecule has 0 radical (unpaired) electrons. The quantitative estimate of drug-likeness (QED) is 0.0800. The Kier molecular flexibility index (Phi) is 33.1. The van der Waals surface area contributed by atoms with Gasteiger partial charge in [0.1, 0.15) is 0 Å². The summed E-state index contributed by atoms with van der Waals surface area (Å²) in [6, 6.07) is 0. The van der Waals surface area contributed by atoms with Crippen LogP contribution in [0.4, 0.5) is 0 Å². The van der Waals surface area contributed by atoms with Crippen LogP contribution in [0.25, 0.3) is 0 Å². The normalized spacial score (nSPS) is 11.4. The summed E-state index contributed by atoms with van der Waals surface area (Å²) >= 11 is 0. The van der Waals surface area contributed by atoms with Gasteiger partial charge in [0.2, 0.25) is 0 Å². The molecule has 34 heavy (non-hydrogen) atoms. The second kappa shape index (κ2) is 31.1. The Hall–Kier alpha value is 0.0700. The van der Waals surface area contributed by atoms with E-state index >= 15 is 0 Å². The average molecular weight is 508 g/mol. The van der Waals surface area contributed by atoms with E-state index in [-0.39, 0.29) is 6.61 Å². The predicted molar refractivity (Wildman–Crippen MR) is 149 cm³/mol. The van der Waals surface area contributed by atoms with E-state index in [9.17, 15) is 4.57 Å². The third kappa shape index (κ3) is 39.3. The van der Waals surface area contributed by atoms with Gasteiger partial charge >= 0.3 is 7.82 Å². The molecule has 4 N–H and O–H groups in total. The van der Waals surface area contributed by atoms with Gasteiger partial charge in [0, 0.05) is 0 Å². The molecule has 5 nitrogen and oxygen atoms in total. The molecule has 0 aliphatic heterocycles. The molecule has 0 aromatic rings. The Morgan fingerprint density at radius 2 is 0.765 bits per heavy atom. The molecule has 0 unspecified atom stereocenters.